The van der Waals surface area contributed by atoms with E-state index in [0.29, 0.717) is 30.1 Å². The zero-order valence-corrected chi connectivity index (χ0v) is 16.9. The average Bonchev–Trinajstić information content (AvgIpc) is 2.75. The van der Waals surface area contributed by atoms with Crippen molar-refractivity contribution in [3.8, 4) is 17.2 Å². The highest BCUT2D eigenvalue weighted by Gasteiger charge is 2.37. The number of rotatable bonds is 8. The SMILES string of the molecule is CN(C(=O)CCC(=O)O)[C@@H]1CCC[C@@H](Oc2ccccc2Oc2ccccc2)[C@@H]1O. The van der Waals surface area contributed by atoms with Gasteiger partial charge in [-0.2, -0.15) is 0 Å². The van der Waals surface area contributed by atoms with E-state index in [1.807, 2.05) is 42.5 Å². The number of aliphatic hydroxyl groups is 1. The number of carboxylic acid groups (broad SMARTS) is 1. The third-order valence-corrected chi connectivity index (χ3v) is 5.31. The van der Waals surface area contributed by atoms with Crippen molar-refractivity contribution in [1.82, 2.24) is 4.90 Å². The van der Waals surface area contributed by atoms with Crippen molar-refractivity contribution < 1.29 is 29.3 Å². The van der Waals surface area contributed by atoms with Gasteiger partial charge in [-0.1, -0.05) is 30.3 Å². The first-order chi connectivity index (χ1) is 14.5. The molecule has 30 heavy (non-hydrogen) atoms. The van der Waals surface area contributed by atoms with Crippen LogP contribution in [0, 0.1) is 0 Å². The van der Waals surface area contributed by atoms with E-state index >= 15 is 0 Å². The van der Waals surface area contributed by atoms with E-state index in [1.54, 1.807) is 19.2 Å². The summed E-state index contributed by atoms with van der Waals surface area (Å²) in [5.41, 5.74) is 0. The normalized spacial score (nSPS) is 20.9. The molecule has 0 aromatic heterocycles. The Morgan fingerprint density at radius 1 is 1.00 bits per heavy atom. The molecule has 0 heterocycles. The monoisotopic (exact) mass is 413 g/mol. The predicted octanol–water partition coefficient (Wildman–Crippen LogP) is 3.46. The summed E-state index contributed by atoms with van der Waals surface area (Å²) in [6.07, 6.45) is 0.364. The number of amides is 1. The fraction of sp³-hybridized carbons (Fsp3) is 0.391. The largest absolute Gasteiger partial charge is 0.484 e. The first-order valence-corrected chi connectivity index (χ1v) is 10.1. The second kappa shape index (κ2) is 10.1. The molecule has 3 atom stereocenters. The Balaban J connectivity index is 1.68. The van der Waals surface area contributed by atoms with Gasteiger partial charge in [-0.15, -0.1) is 0 Å². The van der Waals surface area contributed by atoms with Crippen molar-refractivity contribution in [2.45, 2.75) is 50.4 Å². The maximum atomic E-state index is 12.3. The number of para-hydroxylation sites is 3. The van der Waals surface area contributed by atoms with Crippen LogP contribution in [0.2, 0.25) is 0 Å². The molecule has 7 heteroatoms. The number of hydrogen-bond donors (Lipinski definition) is 2. The van der Waals surface area contributed by atoms with Crippen molar-refractivity contribution in [3.63, 3.8) is 0 Å². The van der Waals surface area contributed by atoms with E-state index in [2.05, 4.69) is 0 Å². The number of aliphatic carboxylic acids is 1. The van der Waals surface area contributed by atoms with Crippen LogP contribution in [0.1, 0.15) is 32.1 Å². The summed E-state index contributed by atoms with van der Waals surface area (Å²) >= 11 is 0. The van der Waals surface area contributed by atoms with Crippen molar-refractivity contribution in [3.05, 3.63) is 54.6 Å². The number of carboxylic acids is 1. The van der Waals surface area contributed by atoms with Gasteiger partial charge in [0.15, 0.2) is 11.5 Å². The second-order valence-electron chi connectivity index (χ2n) is 7.41. The number of hydrogen-bond acceptors (Lipinski definition) is 5. The molecule has 0 spiro atoms. The summed E-state index contributed by atoms with van der Waals surface area (Å²) in [4.78, 5) is 24.5. The minimum absolute atomic E-state index is 0.0890. The van der Waals surface area contributed by atoms with Gasteiger partial charge < -0.3 is 24.6 Å². The highest BCUT2D eigenvalue weighted by molar-refractivity contribution is 5.80. The van der Waals surface area contributed by atoms with Crippen molar-refractivity contribution >= 4 is 11.9 Å². The Hall–Kier alpha value is -3.06. The molecule has 0 unspecified atom stereocenters. The van der Waals surface area contributed by atoms with E-state index in [-0.39, 0.29) is 18.7 Å². The van der Waals surface area contributed by atoms with Gasteiger partial charge in [0.1, 0.15) is 18.0 Å². The molecule has 1 aliphatic rings. The number of ether oxygens (including phenoxy) is 2. The summed E-state index contributed by atoms with van der Waals surface area (Å²) in [6, 6.07) is 16.2. The van der Waals surface area contributed by atoms with E-state index in [0.717, 1.165) is 6.42 Å². The molecule has 1 saturated carbocycles. The first kappa shape index (κ1) is 21.6. The Labute approximate surface area is 175 Å². The average molecular weight is 413 g/mol. The standard InChI is InChI=1S/C23H27NO6/c1-24(21(25)14-15-22(26)27)17-10-7-13-20(23(17)28)30-19-12-6-5-11-18(19)29-16-8-3-2-4-9-16/h2-6,8-9,11-12,17,20,23,28H,7,10,13-15H2,1H3,(H,26,27)/t17-,20-,23-/m1/s1. The summed E-state index contributed by atoms with van der Waals surface area (Å²) in [5, 5.41) is 19.7. The molecule has 160 valence electrons. The molecule has 2 aromatic carbocycles. The zero-order chi connectivity index (χ0) is 21.5. The van der Waals surface area contributed by atoms with Gasteiger partial charge in [0.25, 0.3) is 0 Å². The minimum Gasteiger partial charge on any atom is -0.484 e. The van der Waals surface area contributed by atoms with Gasteiger partial charge in [-0.3, -0.25) is 9.59 Å². The number of benzene rings is 2. The second-order valence-corrected chi connectivity index (χ2v) is 7.41. The zero-order valence-electron chi connectivity index (χ0n) is 16.9. The quantitative estimate of drug-likeness (QED) is 0.688. The van der Waals surface area contributed by atoms with Crippen LogP contribution in [0.5, 0.6) is 17.2 Å². The fourth-order valence-corrected chi connectivity index (χ4v) is 3.65. The van der Waals surface area contributed by atoms with Gasteiger partial charge in [0.2, 0.25) is 5.91 Å². The number of carbonyl (C=O) groups excluding carboxylic acids is 1. The van der Waals surface area contributed by atoms with Crippen LogP contribution in [0.3, 0.4) is 0 Å². The highest BCUT2D eigenvalue weighted by atomic mass is 16.5. The molecular formula is C23H27NO6. The van der Waals surface area contributed by atoms with E-state index in [4.69, 9.17) is 14.6 Å². The number of likely N-dealkylation sites (N-methyl/N-ethyl adjacent to an activating group) is 1. The van der Waals surface area contributed by atoms with Crippen LogP contribution >= 0.6 is 0 Å². The Bertz CT molecular complexity index is 856. The topological polar surface area (TPSA) is 96.3 Å². The molecule has 0 bridgehead atoms. The smallest absolute Gasteiger partial charge is 0.303 e. The Morgan fingerprint density at radius 2 is 1.67 bits per heavy atom. The van der Waals surface area contributed by atoms with Crippen molar-refractivity contribution in [1.29, 1.82) is 0 Å². The Morgan fingerprint density at radius 3 is 2.37 bits per heavy atom. The van der Waals surface area contributed by atoms with Gasteiger partial charge >= 0.3 is 5.97 Å². The summed E-state index contributed by atoms with van der Waals surface area (Å²) < 4.78 is 12.0. The highest BCUT2D eigenvalue weighted by Crippen LogP contribution is 2.34. The van der Waals surface area contributed by atoms with Crippen molar-refractivity contribution in [2.24, 2.45) is 0 Å². The summed E-state index contributed by atoms with van der Waals surface area (Å²) in [7, 11) is 1.60. The van der Waals surface area contributed by atoms with Crippen LogP contribution in [0.25, 0.3) is 0 Å². The molecule has 1 fully saturated rings. The van der Waals surface area contributed by atoms with Gasteiger partial charge in [0, 0.05) is 13.5 Å². The summed E-state index contributed by atoms with van der Waals surface area (Å²) in [5.74, 6) is 0.432. The lowest BCUT2D eigenvalue weighted by atomic mass is 9.88. The van der Waals surface area contributed by atoms with Gasteiger partial charge in [-0.05, 0) is 43.5 Å². The lowest BCUT2D eigenvalue weighted by Crippen LogP contribution is -2.53. The number of aliphatic hydroxyl groups excluding tert-OH is 1. The van der Waals surface area contributed by atoms with Crippen LogP contribution in [0.15, 0.2) is 54.6 Å². The minimum atomic E-state index is -1.02. The number of nitrogens with zero attached hydrogens (tertiary/aromatic N) is 1. The molecule has 0 radical (unpaired) electrons. The van der Waals surface area contributed by atoms with E-state index < -0.39 is 24.2 Å². The lowest BCUT2D eigenvalue weighted by Gasteiger charge is -2.39. The molecule has 1 amide bonds. The Kier molecular flexibility index (Phi) is 7.30. The molecule has 0 aliphatic heterocycles. The summed E-state index contributed by atoms with van der Waals surface area (Å²) in [6.45, 7) is 0. The third-order valence-electron chi connectivity index (χ3n) is 5.31. The van der Waals surface area contributed by atoms with Crippen LogP contribution < -0.4 is 9.47 Å². The molecular weight excluding hydrogens is 386 g/mol. The first-order valence-electron chi connectivity index (χ1n) is 10.1. The van der Waals surface area contributed by atoms with Crippen molar-refractivity contribution in [2.75, 3.05) is 7.05 Å². The molecule has 1 aliphatic carbocycles. The fourth-order valence-electron chi connectivity index (χ4n) is 3.65. The molecule has 2 N–H and O–H groups in total. The maximum Gasteiger partial charge on any atom is 0.303 e. The maximum absolute atomic E-state index is 12.3. The van der Waals surface area contributed by atoms with Crippen LogP contribution in [-0.2, 0) is 9.59 Å². The lowest BCUT2D eigenvalue weighted by molar-refractivity contribution is -0.143. The van der Waals surface area contributed by atoms with E-state index in [1.165, 1.54) is 4.90 Å². The molecule has 7 nitrogen and oxygen atoms in total. The van der Waals surface area contributed by atoms with Gasteiger partial charge in [-0.25, -0.2) is 0 Å². The van der Waals surface area contributed by atoms with E-state index in [9.17, 15) is 14.7 Å². The molecule has 3 rings (SSSR count). The predicted molar refractivity (Wildman–Crippen MR) is 111 cm³/mol. The van der Waals surface area contributed by atoms with Gasteiger partial charge in [0.05, 0.1) is 12.5 Å². The molecule has 2 aromatic rings. The third kappa shape index (κ3) is 5.51. The number of carbonyl (C=O) groups is 2. The molecule has 0 saturated heterocycles. The van der Waals surface area contributed by atoms with Crippen LogP contribution in [-0.4, -0.2) is 52.3 Å². The van der Waals surface area contributed by atoms with Crippen LogP contribution in [0.4, 0.5) is 0 Å².